The lowest BCUT2D eigenvalue weighted by molar-refractivity contribution is -0.274. The van der Waals surface area contributed by atoms with Crippen LogP contribution in [0.25, 0.3) is 0 Å². The first-order chi connectivity index (χ1) is 16.0. The third-order valence-electron chi connectivity index (χ3n) is 5.56. The molecule has 2 atom stereocenters. The maximum atomic E-state index is 13.8. The number of aryl methyl sites for hydroxylation is 1. The van der Waals surface area contributed by atoms with Crippen molar-refractivity contribution in [2.75, 3.05) is 5.32 Å². The van der Waals surface area contributed by atoms with Gasteiger partial charge >= 0.3 is 12.5 Å². The molecule has 0 aliphatic carbocycles. The first-order valence-corrected chi connectivity index (χ1v) is 10.4. The Morgan fingerprint density at radius 2 is 1.71 bits per heavy atom. The van der Waals surface area contributed by atoms with E-state index in [1.54, 1.807) is 30.3 Å². The zero-order valence-corrected chi connectivity index (χ0v) is 17.5. The van der Waals surface area contributed by atoms with Crippen LogP contribution in [0.2, 0.25) is 0 Å². The number of ketones is 1. The van der Waals surface area contributed by atoms with E-state index in [1.807, 2.05) is 0 Å². The Labute approximate surface area is 190 Å². The second-order valence-electron chi connectivity index (χ2n) is 7.83. The Kier molecular flexibility index (Phi) is 6.28. The van der Waals surface area contributed by atoms with Crippen LogP contribution in [0, 0.1) is 0 Å². The number of halogens is 6. The third-order valence-corrected chi connectivity index (χ3v) is 5.56. The molecule has 0 saturated heterocycles. The lowest BCUT2D eigenvalue weighted by atomic mass is 9.96. The van der Waals surface area contributed by atoms with Crippen molar-refractivity contribution in [2.45, 2.75) is 43.9 Å². The Morgan fingerprint density at radius 1 is 1.03 bits per heavy atom. The van der Waals surface area contributed by atoms with E-state index in [0.717, 1.165) is 16.9 Å². The second kappa shape index (κ2) is 9.03. The minimum atomic E-state index is -4.89. The van der Waals surface area contributed by atoms with Gasteiger partial charge in [0.1, 0.15) is 11.6 Å². The molecule has 0 saturated carbocycles. The summed E-state index contributed by atoms with van der Waals surface area (Å²) in [6, 6.07) is 11.3. The predicted octanol–water partition coefficient (Wildman–Crippen LogP) is 6.26. The van der Waals surface area contributed by atoms with Gasteiger partial charge in [0.2, 0.25) is 0 Å². The molecule has 34 heavy (non-hydrogen) atoms. The van der Waals surface area contributed by atoms with Crippen LogP contribution in [0.5, 0.6) is 5.75 Å². The maximum Gasteiger partial charge on any atom is 0.573 e. The summed E-state index contributed by atoms with van der Waals surface area (Å²) in [7, 11) is 0. The summed E-state index contributed by atoms with van der Waals surface area (Å²) >= 11 is 0. The largest absolute Gasteiger partial charge is 0.573 e. The van der Waals surface area contributed by atoms with E-state index in [0.29, 0.717) is 5.56 Å². The minimum Gasteiger partial charge on any atom is -0.406 e. The summed E-state index contributed by atoms with van der Waals surface area (Å²) < 4.78 is 84.0. The van der Waals surface area contributed by atoms with Crippen LogP contribution in [0.1, 0.15) is 46.4 Å². The van der Waals surface area contributed by atoms with Gasteiger partial charge in [0.15, 0.2) is 11.8 Å². The molecule has 180 valence electrons. The zero-order valence-electron chi connectivity index (χ0n) is 17.5. The number of ether oxygens (including phenoxy) is 1. The van der Waals surface area contributed by atoms with Crippen molar-refractivity contribution in [1.82, 2.24) is 9.78 Å². The number of hydrogen-bond donors (Lipinski definition) is 1. The van der Waals surface area contributed by atoms with Crippen LogP contribution in [0.15, 0.2) is 60.8 Å². The maximum absolute atomic E-state index is 13.8. The van der Waals surface area contributed by atoms with Crippen LogP contribution in [-0.4, -0.2) is 28.1 Å². The highest BCUT2D eigenvalue weighted by atomic mass is 19.4. The van der Waals surface area contributed by atoms with Gasteiger partial charge in [0, 0.05) is 12.8 Å². The van der Waals surface area contributed by atoms with Crippen LogP contribution in [-0.2, 0) is 6.42 Å². The highest BCUT2D eigenvalue weighted by Crippen LogP contribution is 2.44. The molecule has 11 heteroatoms. The molecule has 0 amide bonds. The molecule has 4 rings (SSSR count). The van der Waals surface area contributed by atoms with Gasteiger partial charge in [-0.1, -0.05) is 48.5 Å². The molecule has 1 aliphatic rings. The first-order valence-electron chi connectivity index (χ1n) is 10.4. The van der Waals surface area contributed by atoms with Gasteiger partial charge in [-0.25, -0.2) is 4.68 Å². The van der Waals surface area contributed by atoms with Crippen LogP contribution >= 0.6 is 0 Å². The molecule has 2 aromatic carbocycles. The predicted molar refractivity (Wildman–Crippen MR) is 111 cm³/mol. The highest BCUT2D eigenvalue weighted by Gasteiger charge is 2.47. The molecule has 3 aromatic rings. The molecule has 0 radical (unpaired) electrons. The Hall–Kier alpha value is -3.50. The molecular formula is C23H19F6N3O2. The first kappa shape index (κ1) is 23.7. The van der Waals surface area contributed by atoms with Crippen molar-refractivity contribution in [3.05, 3.63) is 77.5 Å². The molecule has 0 bridgehead atoms. The molecule has 1 aromatic heterocycles. The number of carbonyl (C=O) groups is 1. The smallest absolute Gasteiger partial charge is 0.406 e. The number of benzene rings is 2. The summed E-state index contributed by atoms with van der Waals surface area (Å²) in [6.07, 6.45) is -9.07. The second-order valence-corrected chi connectivity index (χ2v) is 7.83. The number of para-hydroxylation sites is 1. The fourth-order valence-electron chi connectivity index (χ4n) is 3.99. The number of hydrogen-bond acceptors (Lipinski definition) is 4. The number of Topliss-reactive ketones (excluding diaryl/α,β-unsaturated/α-hetero) is 1. The number of nitrogens with one attached hydrogen (secondary N) is 1. The average Bonchev–Trinajstić information content (AvgIpc) is 3.20. The normalized spacial score (nSPS) is 18.2. The molecule has 1 N–H and O–H groups in total. The number of rotatable bonds is 6. The SMILES string of the molecule is O=C(CCc1ccccc1OC(F)(F)F)c1cnn2c1NC(c1ccccc1)CC2C(F)(F)F. The van der Waals surface area contributed by atoms with Crippen molar-refractivity contribution in [3.63, 3.8) is 0 Å². The van der Waals surface area contributed by atoms with E-state index in [9.17, 15) is 31.1 Å². The molecule has 2 heterocycles. The monoisotopic (exact) mass is 483 g/mol. The highest BCUT2D eigenvalue weighted by molar-refractivity contribution is 6.00. The van der Waals surface area contributed by atoms with E-state index in [4.69, 9.17) is 0 Å². The van der Waals surface area contributed by atoms with E-state index < -0.39 is 36.2 Å². The molecule has 0 fully saturated rings. The third kappa shape index (κ3) is 5.18. The van der Waals surface area contributed by atoms with Gasteiger partial charge in [-0.3, -0.25) is 4.79 Å². The van der Waals surface area contributed by atoms with Gasteiger partial charge in [0.25, 0.3) is 0 Å². The lowest BCUT2D eigenvalue weighted by Gasteiger charge is -2.34. The number of alkyl halides is 6. The van der Waals surface area contributed by atoms with Gasteiger partial charge in [-0.05, 0) is 23.6 Å². The van der Waals surface area contributed by atoms with E-state index in [1.165, 1.54) is 18.2 Å². The summed E-state index contributed by atoms with van der Waals surface area (Å²) in [6.45, 7) is 0. The zero-order chi connectivity index (χ0) is 24.5. The van der Waals surface area contributed by atoms with Gasteiger partial charge < -0.3 is 10.1 Å². The Balaban J connectivity index is 1.58. The molecule has 0 spiro atoms. The van der Waals surface area contributed by atoms with Gasteiger partial charge in [-0.15, -0.1) is 13.2 Å². The summed E-state index contributed by atoms with van der Waals surface area (Å²) in [5.41, 5.74) is 0.724. The molecule has 1 aliphatic heterocycles. The molecular weight excluding hydrogens is 464 g/mol. The quantitative estimate of drug-likeness (QED) is 0.332. The fraction of sp³-hybridized carbons (Fsp3) is 0.304. The van der Waals surface area contributed by atoms with Crippen molar-refractivity contribution in [2.24, 2.45) is 0 Å². The van der Waals surface area contributed by atoms with Crippen LogP contribution in [0.4, 0.5) is 32.2 Å². The number of fused-ring (bicyclic) bond motifs is 1. The van der Waals surface area contributed by atoms with E-state index in [2.05, 4.69) is 15.2 Å². The Morgan fingerprint density at radius 3 is 2.38 bits per heavy atom. The van der Waals surface area contributed by atoms with E-state index >= 15 is 0 Å². The van der Waals surface area contributed by atoms with Crippen molar-refractivity contribution in [3.8, 4) is 5.75 Å². The summed E-state index contributed by atoms with van der Waals surface area (Å²) in [5.74, 6) is -1.04. The van der Waals surface area contributed by atoms with Gasteiger partial charge in [0.05, 0.1) is 17.8 Å². The van der Waals surface area contributed by atoms with Crippen LogP contribution in [0.3, 0.4) is 0 Å². The van der Waals surface area contributed by atoms with Crippen LogP contribution < -0.4 is 10.1 Å². The Bertz CT molecular complexity index is 1160. The summed E-state index contributed by atoms with van der Waals surface area (Å²) in [4.78, 5) is 12.9. The number of carbonyl (C=O) groups excluding carboxylic acids is 1. The minimum absolute atomic E-state index is 0.0518. The van der Waals surface area contributed by atoms with Crippen molar-refractivity contribution < 1.29 is 35.9 Å². The van der Waals surface area contributed by atoms with Crippen molar-refractivity contribution >= 4 is 11.6 Å². The number of nitrogens with zero attached hydrogens (tertiary/aromatic N) is 2. The molecule has 2 unspecified atom stereocenters. The van der Waals surface area contributed by atoms with Gasteiger partial charge in [-0.2, -0.15) is 18.3 Å². The number of aromatic nitrogens is 2. The topological polar surface area (TPSA) is 56.1 Å². The molecule has 5 nitrogen and oxygen atoms in total. The van der Waals surface area contributed by atoms with E-state index in [-0.39, 0.29) is 36.2 Å². The average molecular weight is 483 g/mol. The number of anilines is 1. The standard InChI is InChI=1S/C23H19F6N3O2/c24-22(25,26)20-12-17(14-6-2-1-3-7-14)31-21-16(13-30-32(20)21)18(33)11-10-15-8-4-5-9-19(15)34-23(27,28)29/h1-9,13,17,20,31H,10-12H2. The lowest BCUT2D eigenvalue weighted by Crippen LogP contribution is -2.36. The summed E-state index contributed by atoms with van der Waals surface area (Å²) in [5, 5.41) is 6.81. The fourth-order valence-corrected chi connectivity index (χ4v) is 3.99. The van der Waals surface area contributed by atoms with Crippen molar-refractivity contribution in [1.29, 1.82) is 0 Å².